The van der Waals surface area contributed by atoms with E-state index in [1.165, 1.54) is 64.2 Å². The van der Waals surface area contributed by atoms with Crippen molar-refractivity contribution in [3.8, 4) is 0 Å². The van der Waals surface area contributed by atoms with Crippen LogP contribution in [-0.2, 0) is 18.3 Å². The highest BCUT2D eigenvalue weighted by Crippen LogP contribution is 2.44. The molecule has 2 N–H and O–H groups in total. The summed E-state index contributed by atoms with van der Waals surface area (Å²) < 4.78 is 28.1. The molecule has 0 heterocycles. The highest BCUT2D eigenvalue weighted by atomic mass is 31.2. The second-order valence-corrected chi connectivity index (χ2v) is 10.9. The van der Waals surface area contributed by atoms with Crippen molar-refractivity contribution in [2.45, 2.75) is 90.1 Å². The van der Waals surface area contributed by atoms with Gasteiger partial charge >= 0.3 is 7.82 Å². The maximum atomic E-state index is 12.0. The minimum Gasteiger partial charge on any atom is -0.394 e. The molecule has 2 atom stereocenters. The van der Waals surface area contributed by atoms with E-state index in [0.717, 1.165) is 12.8 Å². The third-order valence-electron chi connectivity index (χ3n) is 5.11. The number of aliphatic hydroxyl groups excluding tert-OH is 1. The Kier molecular flexibility index (Phi) is 20.0. The smallest absolute Gasteiger partial charge is 0.394 e. The highest BCUT2D eigenvalue weighted by Gasteiger charge is 2.27. The lowest BCUT2D eigenvalue weighted by molar-refractivity contribution is -0.870. The summed E-state index contributed by atoms with van der Waals surface area (Å²) in [5.74, 6) is 0. The van der Waals surface area contributed by atoms with E-state index in [1.54, 1.807) is 0 Å². The van der Waals surface area contributed by atoms with Crippen LogP contribution in [0.1, 0.15) is 84.0 Å². The molecule has 0 bridgehead atoms. The topological polar surface area (TPSA) is 85.2 Å². The molecule has 0 aromatic carbocycles. The average Bonchev–Trinajstić information content (AvgIpc) is 2.71. The normalized spacial score (nSPS) is 15.3. The number of rotatable bonds is 23. The van der Waals surface area contributed by atoms with Crippen LogP contribution in [-0.4, -0.2) is 74.7 Å². The maximum Gasteiger partial charge on any atom is 0.472 e. The lowest BCUT2D eigenvalue weighted by atomic mass is 10.1. The molecule has 0 spiro atoms. The van der Waals surface area contributed by atoms with Gasteiger partial charge in [-0.3, -0.25) is 9.05 Å². The van der Waals surface area contributed by atoms with Gasteiger partial charge in [0.25, 0.3) is 0 Å². The van der Waals surface area contributed by atoms with E-state index >= 15 is 0 Å². The summed E-state index contributed by atoms with van der Waals surface area (Å²) in [6, 6.07) is 0. The average molecular weight is 481 g/mol. The van der Waals surface area contributed by atoms with Crippen LogP contribution >= 0.6 is 7.82 Å². The third-order valence-corrected chi connectivity index (χ3v) is 6.18. The monoisotopic (exact) mass is 480 g/mol. The predicted octanol–water partition coefficient (Wildman–Crippen LogP) is 5.46. The molecule has 0 aliphatic heterocycles. The van der Waals surface area contributed by atoms with Gasteiger partial charge in [-0.1, -0.05) is 70.4 Å². The lowest BCUT2D eigenvalue weighted by Crippen LogP contribution is -2.37. The fourth-order valence-electron chi connectivity index (χ4n) is 3.06. The Hall–Kier alpha value is -0.270. The zero-order valence-corrected chi connectivity index (χ0v) is 22.1. The van der Waals surface area contributed by atoms with Gasteiger partial charge in [0.15, 0.2) is 0 Å². The number of hydrogen-bond donors (Lipinski definition) is 2. The van der Waals surface area contributed by atoms with Gasteiger partial charge in [0.2, 0.25) is 0 Å². The first kappa shape index (κ1) is 31.7. The van der Waals surface area contributed by atoms with E-state index in [9.17, 15) is 14.6 Å². The van der Waals surface area contributed by atoms with Crippen LogP contribution in [0.25, 0.3) is 0 Å². The van der Waals surface area contributed by atoms with Gasteiger partial charge in [0.1, 0.15) is 19.3 Å². The maximum absolute atomic E-state index is 12.0. The molecule has 8 heteroatoms. The summed E-state index contributed by atoms with van der Waals surface area (Å²) in [7, 11) is 1.70. The van der Waals surface area contributed by atoms with E-state index in [4.69, 9.17) is 13.8 Å². The van der Waals surface area contributed by atoms with Crippen LogP contribution < -0.4 is 0 Å². The van der Waals surface area contributed by atoms with Crippen molar-refractivity contribution in [3.05, 3.63) is 12.2 Å². The number of nitrogens with zero attached hydrogens (tertiary/aromatic N) is 1. The van der Waals surface area contributed by atoms with Gasteiger partial charge in [-0.15, -0.1) is 0 Å². The SMILES string of the molecule is CCCC/C=C\CCCCCCCCCCOC[C@H](CO)OP(=O)(O)OCC[N+](C)(C)C. The number of likely N-dealkylation sites (N-methyl/N-ethyl adjacent to an activating group) is 1. The van der Waals surface area contributed by atoms with Crippen LogP contribution in [0, 0.1) is 0 Å². The zero-order chi connectivity index (χ0) is 24.1. The Morgan fingerprint density at radius 2 is 1.44 bits per heavy atom. The number of quaternary nitrogens is 1. The second-order valence-electron chi connectivity index (χ2n) is 9.53. The van der Waals surface area contributed by atoms with Gasteiger partial charge in [-0.2, -0.15) is 0 Å². The molecular weight excluding hydrogens is 429 g/mol. The van der Waals surface area contributed by atoms with Crippen LogP contribution in [0.5, 0.6) is 0 Å². The molecule has 192 valence electrons. The number of phosphoric ester groups is 1. The lowest BCUT2D eigenvalue weighted by Gasteiger charge is -2.24. The molecule has 0 saturated heterocycles. The quantitative estimate of drug-likeness (QED) is 0.0874. The minimum absolute atomic E-state index is 0.0760. The predicted molar refractivity (Wildman–Crippen MR) is 132 cm³/mol. The Balaban J connectivity index is 3.59. The summed E-state index contributed by atoms with van der Waals surface area (Å²) in [5.41, 5.74) is 0. The Morgan fingerprint density at radius 3 is 2.00 bits per heavy atom. The van der Waals surface area contributed by atoms with Crippen LogP contribution in [0.15, 0.2) is 12.2 Å². The number of allylic oxidation sites excluding steroid dienone is 2. The summed E-state index contributed by atoms with van der Waals surface area (Å²) in [6.45, 7) is 3.15. The fourth-order valence-corrected chi connectivity index (χ4v) is 3.94. The van der Waals surface area contributed by atoms with Crippen LogP contribution in [0.4, 0.5) is 0 Å². The van der Waals surface area contributed by atoms with Crippen LogP contribution in [0.3, 0.4) is 0 Å². The number of hydrogen-bond acceptors (Lipinski definition) is 5. The van der Waals surface area contributed by atoms with E-state index in [1.807, 2.05) is 21.1 Å². The first-order chi connectivity index (χ1) is 15.2. The van der Waals surface area contributed by atoms with Crippen molar-refractivity contribution in [1.29, 1.82) is 0 Å². The van der Waals surface area contributed by atoms with Gasteiger partial charge in [-0.25, -0.2) is 4.57 Å². The molecule has 0 aromatic rings. The fraction of sp³-hybridized carbons (Fsp3) is 0.917. The van der Waals surface area contributed by atoms with Crippen molar-refractivity contribution in [2.75, 3.05) is 54.1 Å². The summed E-state index contributed by atoms with van der Waals surface area (Å²) >= 11 is 0. The van der Waals surface area contributed by atoms with Crippen LogP contribution in [0.2, 0.25) is 0 Å². The summed E-state index contributed by atoms with van der Waals surface area (Å²) in [5, 5.41) is 9.37. The van der Waals surface area contributed by atoms with E-state index < -0.39 is 20.5 Å². The number of ether oxygens (including phenoxy) is 1. The molecule has 0 rings (SSSR count). The Morgan fingerprint density at radius 1 is 0.875 bits per heavy atom. The largest absolute Gasteiger partial charge is 0.472 e. The molecule has 32 heavy (non-hydrogen) atoms. The highest BCUT2D eigenvalue weighted by molar-refractivity contribution is 7.47. The van der Waals surface area contributed by atoms with Gasteiger partial charge in [0, 0.05) is 6.61 Å². The van der Waals surface area contributed by atoms with Gasteiger partial charge < -0.3 is 19.2 Å². The Labute approximate surface area is 197 Å². The summed E-state index contributed by atoms with van der Waals surface area (Å²) in [6.07, 6.45) is 18.5. The zero-order valence-electron chi connectivity index (χ0n) is 21.2. The first-order valence-electron chi connectivity index (χ1n) is 12.5. The molecule has 0 saturated carbocycles. The van der Waals surface area contributed by atoms with Crippen molar-refractivity contribution < 1.29 is 32.8 Å². The molecule has 0 aliphatic carbocycles. The van der Waals surface area contributed by atoms with E-state index in [0.29, 0.717) is 17.6 Å². The minimum atomic E-state index is -4.20. The first-order valence-corrected chi connectivity index (χ1v) is 14.0. The van der Waals surface area contributed by atoms with Crippen molar-refractivity contribution >= 4 is 7.82 Å². The summed E-state index contributed by atoms with van der Waals surface area (Å²) in [4.78, 5) is 9.78. The molecule has 1 unspecified atom stereocenters. The molecule has 0 fully saturated rings. The van der Waals surface area contributed by atoms with Crippen molar-refractivity contribution in [2.24, 2.45) is 0 Å². The van der Waals surface area contributed by atoms with Gasteiger partial charge in [0.05, 0.1) is 34.4 Å². The molecular formula is C24H51NO6P+. The molecule has 0 radical (unpaired) electrons. The number of unbranched alkanes of at least 4 members (excludes halogenated alkanes) is 10. The molecule has 0 aromatic heterocycles. The number of aliphatic hydroxyl groups is 1. The molecule has 7 nitrogen and oxygen atoms in total. The van der Waals surface area contributed by atoms with E-state index in [-0.39, 0.29) is 13.2 Å². The third kappa shape index (κ3) is 22.9. The van der Waals surface area contributed by atoms with Crippen molar-refractivity contribution in [1.82, 2.24) is 0 Å². The second kappa shape index (κ2) is 20.1. The number of phosphoric acid groups is 1. The standard InChI is InChI=1S/C24H50NO6P/c1-5-6-7-8-9-10-11-12-13-14-15-16-17-18-20-29-23-24(22-26)31-32(27,28)30-21-19-25(2,3)4/h8-9,24,26H,5-7,10-23H2,1-4H3/p+1/b9-8-/t24-/m0/s1. The van der Waals surface area contributed by atoms with E-state index in [2.05, 4.69) is 19.1 Å². The molecule has 0 amide bonds. The van der Waals surface area contributed by atoms with Crippen molar-refractivity contribution in [3.63, 3.8) is 0 Å². The molecule has 0 aliphatic rings. The van der Waals surface area contributed by atoms with Gasteiger partial charge in [-0.05, 0) is 25.7 Å². The Bertz CT molecular complexity index is 495.